The van der Waals surface area contributed by atoms with E-state index in [1.807, 2.05) is 52.0 Å². The first-order valence-electron chi connectivity index (χ1n) is 9.10. The number of carbonyl (C=O) groups excluding carboxylic acids is 1. The number of amides is 1. The van der Waals surface area contributed by atoms with Crippen molar-refractivity contribution in [2.24, 2.45) is 0 Å². The molecule has 0 aromatic heterocycles. The van der Waals surface area contributed by atoms with Crippen LogP contribution in [0.1, 0.15) is 46.1 Å². The fourth-order valence-corrected chi connectivity index (χ4v) is 3.25. The van der Waals surface area contributed by atoms with Crippen LogP contribution in [0.3, 0.4) is 0 Å². The van der Waals surface area contributed by atoms with E-state index in [1.165, 1.54) is 4.90 Å². The maximum Gasteiger partial charge on any atom is 0.495 e. The van der Waals surface area contributed by atoms with Crippen molar-refractivity contribution in [1.29, 1.82) is 0 Å². The van der Waals surface area contributed by atoms with E-state index >= 15 is 0 Å². The number of hydrogen-bond donors (Lipinski definition) is 0. The van der Waals surface area contributed by atoms with Crippen molar-refractivity contribution in [2.75, 3.05) is 13.1 Å². The van der Waals surface area contributed by atoms with E-state index in [0.717, 1.165) is 11.0 Å². The lowest BCUT2D eigenvalue weighted by Gasteiger charge is -2.32. The molecule has 0 aliphatic carbocycles. The first-order chi connectivity index (χ1) is 12.0. The number of hydrogen-bond acceptors (Lipinski definition) is 3. The predicted octanol–water partition coefficient (Wildman–Crippen LogP) is 2.79. The van der Waals surface area contributed by atoms with Crippen LogP contribution in [-0.2, 0) is 20.5 Å². The summed E-state index contributed by atoms with van der Waals surface area (Å²) in [5.74, 6) is -2.79. The van der Waals surface area contributed by atoms with Crippen molar-refractivity contribution >= 4 is 18.5 Å². The van der Waals surface area contributed by atoms with Gasteiger partial charge in [-0.3, -0.25) is 4.79 Å². The molecule has 0 saturated carbocycles. The van der Waals surface area contributed by atoms with Crippen molar-refractivity contribution in [3.05, 3.63) is 29.8 Å². The lowest BCUT2D eigenvalue weighted by atomic mass is 9.75. The molecule has 2 aliphatic rings. The monoisotopic (exact) mass is 365 g/mol. The standard InChI is InChI=1S/C19H26BF2NO3/c1-17(2)18(3,4)26-20(25-17)15-8-6-5-7-14(15)13-16(24)23-11-9-19(21,22)10-12-23/h5-8H,9-13H2,1-4H3. The maximum atomic E-state index is 13.3. The summed E-state index contributed by atoms with van der Waals surface area (Å²) in [7, 11) is -0.547. The number of halogens is 2. The average molecular weight is 365 g/mol. The van der Waals surface area contributed by atoms with Gasteiger partial charge >= 0.3 is 7.12 Å². The van der Waals surface area contributed by atoms with Gasteiger partial charge < -0.3 is 14.2 Å². The molecule has 7 heteroatoms. The number of alkyl halides is 2. The molecule has 0 radical (unpaired) electrons. The molecule has 0 N–H and O–H groups in total. The number of rotatable bonds is 3. The minimum Gasteiger partial charge on any atom is -0.399 e. The average Bonchev–Trinajstić information content (AvgIpc) is 2.75. The molecule has 1 aromatic rings. The van der Waals surface area contributed by atoms with Crippen LogP contribution >= 0.6 is 0 Å². The third-order valence-corrected chi connectivity index (χ3v) is 5.75. The number of likely N-dealkylation sites (tertiary alicyclic amines) is 1. The second-order valence-electron chi connectivity index (χ2n) is 8.20. The Hall–Kier alpha value is -1.47. The lowest BCUT2D eigenvalue weighted by molar-refractivity contribution is -0.136. The molecule has 1 amide bonds. The molecule has 26 heavy (non-hydrogen) atoms. The molecule has 142 valence electrons. The molecule has 0 bridgehead atoms. The molecular formula is C19H26BF2NO3. The van der Waals surface area contributed by atoms with Gasteiger partial charge in [-0.15, -0.1) is 0 Å². The molecule has 0 unspecified atom stereocenters. The number of benzene rings is 1. The van der Waals surface area contributed by atoms with E-state index in [1.54, 1.807) is 0 Å². The number of nitrogens with zero attached hydrogens (tertiary/aromatic N) is 1. The van der Waals surface area contributed by atoms with E-state index in [-0.39, 0.29) is 38.3 Å². The fourth-order valence-electron chi connectivity index (χ4n) is 3.25. The highest BCUT2D eigenvalue weighted by molar-refractivity contribution is 6.62. The smallest absolute Gasteiger partial charge is 0.399 e. The molecule has 2 saturated heterocycles. The van der Waals surface area contributed by atoms with Gasteiger partial charge in [0.15, 0.2) is 0 Å². The minimum absolute atomic E-state index is 0.102. The van der Waals surface area contributed by atoms with Crippen LogP contribution in [0.4, 0.5) is 8.78 Å². The van der Waals surface area contributed by atoms with Gasteiger partial charge in [-0.05, 0) is 38.7 Å². The summed E-state index contributed by atoms with van der Waals surface area (Å²) in [6.45, 7) is 8.13. The Labute approximate surface area is 154 Å². The molecule has 1 aromatic carbocycles. The highest BCUT2D eigenvalue weighted by atomic mass is 19.3. The van der Waals surface area contributed by atoms with Gasteiger partial charge in [-0.25, -0.2) is 8.78 Å². The quantitative estimate of drug-likeness (QED) is 0.774. The largest absolute Gasteiger partial charge is 0.495 e. The van der Waals surface area contributed by atoms with Crippen LogP contribution in [0.2, 0.25) is 0 Å². The van der Waals surface area contributed by atoms with E-state index in [9.17, 15) is 13.6 Å². The van der Waals surface area contributed by atoms with Crippen LogP contribution in [0.15, 0.2) is 24.3 Å². The third-order valence-electron chi connectivity index (χ3n) is 5.75. The van der Waals surface area contributed by atoms with E-state index in [4.69, 9.17) is 9.31 Å². The molecule has 4 nitrogen and oxygen atoms in total. The molecule has 3 rings (SSSR count). The van der Waals surface area contributed by atoms with Crippen molar-refractivity contribution in [1.82, 2.24) is 4.90 Å². The Balaban J connectivity index is 1.73. The molecule has 0 spiro atoms. The van der Waals surface area contributed by atoms with Gasteiger partial charge in [0.05, 0.1) is 17.6 Å². The Bertz CT molecular complexity index is 667. The van der Waals surface area contributed by atoms with E-state index in [2.05, 4.69) is 0 Å². The topological polar surface area (TPSA) is 38.8 Å². The molecule has 0 atom stereocenters. The van der Waals surface area contributed by atoms with Gasteiger partial charge in [-0.2, -0.15) is 0 Å². The van der Waals surface area contributed by atoms with Crippen molar-refractivity contribution in [3.8, 4) is 0 Å². The molecular weight excluding hydrogens is 339 g/mol. The first-order valence-corrected chi connectivity index (χ1v) is 9.10. The highest BCUT2D eigenvalue weighted by Crippen LogP contribution is 2.36. The second-order valence-corrected chi connectivity index (χ2v) is 8.20. The molecule has 2 aliphatic heterocycles. The molecule has 2 fully saturated rings. The summed E-state index contributed by atoms with van der Waals surface area (Å²) in [6, 6.07) is 7.52. The Morgan fingerprint density at radius 1 is 1.08 bits per heavy atom. The summed E-state index contributed by atoms with van der Waals surface area (Å²) >= 11 is 0. The van der Waals surface area contributed by atoms with Gasteiger partial charge in [0.1, 0.15) is 0 Å². The van der Waals surface area contributed by atoms with Gasteiger partial charge in [0.25, 0.3) is 5.92 Å². The maximum absolute atomic E-state index is 13.3. The van der Waals surface area contributed by atoms with Crippen LogP contribution < -0.4 is 5.46 Å². The first kappa shape index (κ1) is 19.3. The van der Waals surface area contributed by atoms with E-state index < -0.39 is 24.2 Å². The normalized spacial score (nSPS) is 23.9. The molecule has 2 heterocycles. The van der Waals surface area contributed by atoms with Crippen molar-refractivity contribution < 1.29 is 22.9 Å². The number of carbonyl (C=O) groups is 1. The zero-order valence-corrected chi connectivity index (χ0v) is 15.9. The van der Waals surface area contributed by atoms with Gasteiger partial charge in [-0.1, -0.05) is 24.3 Å². The third kappa shape index (κ3) is 3.79. The zero-order valence-electron chi connectivity index (χ0n) is 15.9. The summed E-state index contributed by atoms with van der Waals surface area (Å²) in [5, 5.41) is 0. The van der Waals surface area contributed by atoms with Crippen LogP contribution in [0, 0.1) is 0 Å². The van der Waals surface area contributed by atoms with Crippen molar-refractivity contribution in [3.63, 3.8) is 0 Å². The minimum atomic E-state index is -2.66. The summed E-state index contributed by atoms with van der Waals surface area (Å²) in [4.78, 5) is 14.1. The van der Waals surface area contributed by atoms with Crippen LogP contribution in [0.25, 0.3) is 0 Å². The Morgan fingerprint density at radius 3 is 2.19 bits per heavy atom. The summed E-state index contributed by atoms with van der Waals surface area (Å²) < 4.78 is 38.8. The summed E-state index contributed by atoms with van der Waals surface area (Å²) in [6.07, 6.45) is -0.374. The van der Waals surface area contributed by atoms with Gasteiger partial charge in [0, 0.05) is 25.9 Å². The number of piperidine rings is 1. The predicted molar refractivity (Wildman–Crippen MR) is 96.6 cm³/mol. The van der Waals surface area contributed by atoms with Gasteiger partial charge in [0.2, 0.25) is 5.91 Å². The van der Waals surface area contributed by atoms with Crippen LogP contribution in [0.5, 0.6) is 0 Å². The van der Waals surface area contributed by atoms with Crippen molar-refractivity contribution in [2.45, 2.75) is 64.1 Å². The Kier molecular flexibility index (Phi) is 4.90. The Morgan fingerprint density at radius 2 is 1.62 bits per heavy atom. The lowest BCUT2D eigenvalue weighted by Crippen LogP contribution is -2.44. The summed E-state index contributed by atoms with van der Waals surface area (Å²) in [5.41, 5.74) is 0.704. The highest BCUT2D eigenvalue weighted by Gasteiger charge is 2.52. The SMILES string of the molecule is CC1(C)OB(c2ccccc2CC(=O)N2CCC(F)(F)CC2)OC1(C)C. The van der Waals surface area contributed by atoms with Crippen LogP contribution in [-0.4, -0.2) is 48.1 Å². The second kappa shape index (κ2) is 6.61. The zero-order chi connectivity index (χ0) is 19.2. The fraction of sp³-hybridized carbons (Fsp3) is 0.632. The van der Waals surface area contributed by atoms with E-state index in [0.29, 0.717) is 0 Å².